The van der Waals surface area contributed by atoms with E-state index in [2.05, 4.69) is 15.4 Å². The SMILES string of the molecule is COc1ccccc1NC(=O)Nc1ccc(S(=O)(=O)NCCc2ccccc2)cc1. The van der Waals surface area contributed by atoms with Crippen molar-refractivity contribution in [1.29, 1.82) is 0 Å². The number of sulfonamides is 1. The highest BCUT2D eigenvalue weighted by atomic mass is 32.2. The Morgan fingerprint density at radius 3 is 2.23 bits per heavy atom. The number of para-hydroxylation sites is 2. The highest BCUT2D eigenvalue weighted by Crippen LogP contribution is 2.23. The Hall–Kier alpha value is -3.36. The Morgan fingerprint density at radius 2 is 1.53 bits per heavy atom. The van der Waals surface area contributed by atoms with Crippen LogP contribution in [0, 0.1) is 0 Å². The fourth-order valence-corrected chi connectivity index (χ4v) is 3.84. The summed E-state index contributed by atoms with van der Waals surface area (Å²) in [4.78, 5) is 12.3. The third-order valence-corrected chi connectivity index (χ3v) is 5.80. The lowest BCUT2D eigenvalue weighted by molar-refractivity contribution is 0.262. The fraction of sp³-hybridized carbons (Fsp3) is 0.136. The van der Waals surface area contributed by atoms with Gasteiger partial charge in [0.2, 0.25) is 10.0 Å². The summed E-state index contributed by atoms with van der Waals surface area (Å²) in [6, 6.07) is 22.2. The summed E-state index contributed by atoms with van der Waals surface area (Å²) in [5, 5.41) is 5.36. The predicted octanol–water partition coefficient (Wildman–Crippen LogP) is 3.86. The molecule has 0 aliphatic rings. The maximum absolute atomic E-state index is 12.4. The number of ether oxygens (including phenoxy) is 1. The van der Waals surface area contributed by atoms with Crippen molar-refractivity contribution in [2.24, 2.45) is 0 Å². The largest absolute Gasteiger partial charge is 0.495 e. The minimum absolute atomic E-state index is 0.131. The topological polar surface area (TPSA) is 96.5 Å². The van der Waals surface area contributed by atoms with E-state index < -0.39 is 16.1 Å². The number of methoxy groups -OCH3 is 1. The molecular formula is C22H23N3O4S. The number of hydrogen-bond acceptors (Lipinski definition) is 4. The van der Waals surface area contributed by atoms with Crippen molar-refractivity contribution >= 4 is 27.4 Å². The van der Waals surface area contributed by atoms with E-state index >= 15 is 0 Å². The highest BCUT2D eigenvalue weighted by molar-refractivity contribution is 7.89. The van der Waals surface area contributed by atoms with Gasteiger partial charge in [-0.2, -0.15) is 0 Å². The van der Waals surface area contributed by atoms with Crippen LogP contribution in [0.25, 0.3) is 0 Å². The van der Waals surface area contributed by atoms with Crippen LogP contribution in [0.1, 0.15) is 5.56 Å². The second-order valence-electron chi connectivity index (χ2n) is 6.44. The van der Waals surface area contributed by atoms with Gasteiger partial charge >= 0.3 is 6.03 Å². The van der Waals surface area contributed by atoms with Crippen LogP contribution in [0.4, 0.5) is 16.2 Å². The van der Waals surface area contributed by atoms with Gasteiger partial charge in [0.1, 0.15) is 5.75 Å². The Kier molecular flexibility index (Phi) is 7.05. The normalized spacial score (nSPS) is 11.0. The molecule has 7 nitrogen and oxygen atoms in total. The zero-order chi connectivity index (χ0) is 21.4. The smallest absolute Gasteiger partial charge is 0.323 e. The number of carbonyl (C=O) groups excluding carboxylic acids is 1. The molecule has 0 atom stereocenters. The second kappa shape index (κ2) is 9.91. The summed E-state index contributed by atoms with van der Waals surface area (Å²) >= 11 is 0. The van der Waals surface area contributed by atoms with Gasteiger partial charge in [0, 0.05) is 12.2 Å². The first kappa shape index (κ1) is 21.4. The minimum atomic E-state index is -3.63. The average molecular weight is 426 g/mol. The minimum Gasteiger partial charge on any atom is -0.495 e. The summed E-state index contributed by atoms with van der Waals surface area (Å²) in [5.41, 5.74) is 2.05. The van der Waals surface area contributed by atoms with E-state index in [1.54, 1.807) is 24.3 Å². The van der Waals surface area contributed by atoms with Crippen LogP contribution < -0.4 is 20.1 Å². The zero-order valence-electron chi connectivity index (χ0n) is 16.5. The number of anilines is 2. The maximum Gasteiger partial charge on any atom is 0.323 e. The van der Waals surface area contributed by atoms with Gasteiger partial charge in [0.25, 0.3) is 0 Å². The first-order chi connectivity index (χ1) is 14.5. The molecule has 0 unspecified atom stereocenters. The lowest BCUT2D eigenvalue weighted by Crippen LogP contribution is -2.26. The van der Waals surface area contributed by atoms with Gasteiger partial charge in [-0.05, 0) is 48.4 Å². The molecule has 3 rings (SSSR count). The van der Waals surface area contributed by atoms with Gasteiger partial charge in [-0.25, -0.2) is 17.9 Å². The molecule has 0 aliphatic carbocycles. The Balaban J connectivity index is 1.56. The molecule has 3 aromatic carbocycles. The van der Waals surface area contributed by atoms with Crippen molar-refractivity contribution in [3.05, 3.63) is 84.4 Å². The molecule has 2 amide bonds. The molecule has 156 valence electrons. The highest BCUT2D eigenvalue weighted by Gasteiger charge is 2.14. The molecule has 30 heavy (non-hydrogen) atoms. The van der Waals surface area contributed by atoms with Crippen molar-refractivity contribution < 1.29 is 17.9 Å². The molecule has 0 aliphatic heterocycles. The number of rotatable bonds is 8. The zero-order valence-corrected chi connectivity index (χ0v) is 17.3. The molecule has 3 N–H and O–H groups in total. The molecule has 0 fully saturated rings. The molecule has 0 bridgehead atoms. The monoisotopic (exact) mass is 425 g/mol. The summed E-state index contributed by atoms with van der Waals surface area (Å²) in [6.07, 6.45) is 0.600. The molecule has 0 saturated carbocycles. The van der Waals surface area contributed by atoms with Crippen molar-refractivity contribution in [3.8, 4) is 5.75 Å². The Bertz CT molecular complexity index is 1080. The van der Waals surface area contributed by atoms with Gasteiger partial charge < -0.3 is 15.4 Å². The maximum atomic E-state index is 12.4. The third-order valence-electron chi connectivity index (χ3n) is 4.33. The van der Waals surface area contributed by atoms with E-state index in [1.807, 2.05) is 30.3 Å². The van der Waals surface area contributed by atoms with Crippen LogP contribution in [0.5, 0.6) is 5.75 Å². The van der Waals surface area contributed by atoms with Crippen LogP contribution in [-0.2, 0) is 16.4 Å². The first-order valence-corrected chi connectivity index (χ1v) is 10.8. The molecule has 0 spiro atoms. The summed E-state index contributed by atoms with van der Waals surface area (Å²) < 4.78 is 32.7. The predicted molar refractivity (Wildman–Crippen MR) is 117 cm³/mol. The molecule has 0 radical (unpaired) electrons. The molecular weight excluding hydrogens is 402 g/mol. The summed E-state index contributed by atoms with van der Waals surface area (Å²) in [6.45, 7) is 0.299. The van der Waals surface area contributed by atoms with Gasteiger partial charge in [-0.1, -0.05) is 42.5 Å². The van der Waals surface area contributed by atoms with Crippen molar-refractivity contribution in [1.82, 2.24) is 4.72 Å². The van der Waals surface area contributed by atoms with Crippen LogP contribution in [0.2, 0.25) is 0 Å². The number of benzene rings is 3. The van der Waals surface area contributed by atoms with Crippen LogP contribution in [-0.4, -0.2) is 28.1 Å². The summed E-state index contributed by atoms with van der Waals surface area (Å²) in [7, 11) is -2.11. The average Bonchev–Trinajstić information content (AvgIpc) is 2.75. The quantitative estimate of drug-likeness (QED) is 0.511. The molecule has 0 aromatic heterocycles. The number of carbonyl (C=O) groups is 1. The number of hydrogen-bond donors (Lipinski definition) is 3. The number of urea groups is 1. The van der Waals surface area contributed by atoms with Crippen molar-refractivity contribution in [3.63, 3.8) is 0 Å². The fourth-order valence-electron chi connectivity index (χ4n) is 2.81. The van der Waals surface area contributed by atoms with Gasteiger partial charge in [0.05, 0.1) is 17.7 Å². The third kappa shape index (κ3) is 5.82. The van der Waals surface area contributed by atoms with E-state index in [0.29, 0.717) is 30.1 Å². The molecule has 8 heteroatoms. The van der Waals surface area contributed by atoms with Gasteiger partial charge in [0.15, 0.2) is 0 Å². The Morgan fingerprint density at radius 1 is 0.867 bits per heavy atom. The van der Waals surface area contributed by atoms with E-state index in [4.69, 9.17) is 4.74 Å². The standard InChI is InChI=1S/C22H23N3O4S/c1-29-21-10-6-5-9-20(21)25-22(26)24-18-11-13-19(14-12-18)30(27,28)23-16-15-17-7-3-2-4-8-17/h2-14,23H,15-16H2,1H3,(H2,24,25,26). The lowest BCUT2D eigenvalue weighted by atomic mass is 10.2. The number of nitrogens with one attached hydrogen (secondary N) is 3. The van der Waals surface area contributed by atoms with Gasteiger partial charge in [-0.3, -0.25) is 0 Å². The van der Waals surface area contributed by atoms with Crippen LogP contribution >= 0.6 is 0 Å². The second-order valence-corrected chi connectivity index (χ2v) is 8.20. The molecule has 0 saturated heterocycles. The van der Waals surface area contributed by atoms with Crippen LogP contribution in [0.15, 0.2) is 83.8 Å². The van der Waals surface area contributed by atoms with E-state index in [-0.39, 0.29) is 4.90 Å². The van der Waals surface area contributed by atoms with E-state index in [1.165, 1.54) is 31.4 Å². The lowest BCUT2D eigenvalue weighted by Gasteiger charge is -2.11. The molecule has 0 heterocycles. The summed E-state index contributed by atoms with van der Waals surface area (Å²) in [5.74, 6) is 0.538. The van der Waals surface area contributed by atoms with Gasteiger partial charge in [-0.15, -0.1) is 0 Å². The van der Waals surface area contributed by atoms with Crippen molar-refractivity contribution in [2.45, 2.75) is 11.3 Å². The van der Waals surface area contributed by atoms with Crippen molar-refractivity contribution in [2.75, 3.05) is 24.3 Å². The van der Waals surface area contributed by atoms with Crippen LogP contribution in [0.3, 0.4) is 0 Å². The van der Waals surface area contributed by atoms with E-state index in [0.717, 1.165) is 5.56 Å². The Labute approximate surface area is 176 Å². The van der Waals surface area contributed by atoms with E-state index in [9.17, 15) is 13.2 Å². The first-order valence-electron chi connectivity index (χ1n) is 9.32. The number of amides is 2. The molecule has 3 aromatic rings.